The highest BCUT2D eigenvalue weighted by atomic mass is 79.9. The highest BCUT2D eigenvalue weighted by Gasteiger charge is 2.05. The fourth-order valence-electron chi connectivity index (χ4n) is 1.81. The van der Waals surface area contributed by atoms with Crippen molar-refractivity contribution in [3.05, 3.63) is 71.8 Å². The van der Waals surface area contributed by atoms with E-state index < -0.39 is 0 Å². The second-order valence-electron chi connectivity index (χ2n) is 3.98. The lowest BCUT2D eigenvalue weighted by atomic mass is 10.0. The Morgan fingerprint density at radius 2 is 1.06 bits per heavy atom. The summed E-state index contributed by atoms with van der Waals surface area (Å²) in [5.74, 6) is 0. The van der Waals surface area contributed by atoms with E-state index in [1.807, 2.05) is 0 Å². The minimum atomic E-state index is 0.511. The van der Waals surface area contributed by atoms with Gasteiger partial charge in [-0.25, -0.2) is 0 Å². The van der Waals surface area contributed by atoms with Crippen molar-refractivity contribution in [2.24, 2.45) is 0 Å². The summed E-state index contributed by atoms with van der Waals surface area (Å²) in [5.41, 5.74) is 2.78. The molecule has 0 aliphatic heterocycles. The van der Waals surface area contributed by atoms with Gasteiger partial charge in [0, 0.05) is 4.83 Å². The Hall–Kier alpha value is -1.08. The van der Waals surface area contributed by atoms with E-state index in [4.69, 9.17) is 0 Å². The summed E-state index contributed by atoms with van der Waals surface area (Å²) in [4.78, 5) is 0.511. The van der Waals surface area contributed by atoms with Crippen LogP contribution in [0, 0.1) is 0 Å². The fraction of sp³-hybridized carbons (Fsp3) is 0.200. The zero-order chi connectivity index (χ0) is 11.2. The first-order chi connectivity index (χ1) is 7.84. The Balaban J connectivity index is 1.92. The highest BCUT2D eigenvalue weighted by molar-refractivity contribution is 9.09. The van der Waals surface area contributed by atoms with Crippen molar-refractivity contribution in [3.63, 3.8) is 0 Å². The monoisotopic (exact) mass is 274 g/mol. The van der Waals surface area contributed by atoms with Crippen LogP contribution in [0.1, 0.15) is 11.1 Å². The molecule has 0 fully saturated rings. The number of hydrogen-bond donors (Lipinski definition) is 0. The standard InChI is InChI=1S/C15H15Br/c16-15(11-13-7-3-1-4-8-13)12-14-9-5-2-6-10-14/h1-10,15H,11-12H2. The maximum atomic E-state index is 3.75. The summed E-state index contributed by atoms with van der Waals surface area (Å²) in [6, 6.07) is 21.2. The summed E-state index contributed by atoms with van der Waals surface area (Å²) in [6.07, 6.45) is 2.16. The van der Waals surface area contributed by atoms with Gasteiger partial charge in [0.1, 0.15) is 0 Å². The van der Waals surface area contributed by atoms with Crippen LogP contribution in [-0.4, -0.2) is 4.83 Å². The van der Waals surface area contributed by atoms with Gasteiger partial charge in [-0.2, -0.15) is 0 Å². The van der Waals surface area contributed by atoms with Crippen LogP contribution in [0.5, 0.6) is 0 Å². The molecule has 16 heavy (non-hydrogen) atoms. The van der Waals surface area contributed by atoms with E-state index in [1.165, 1.54) is 11.1 Å². The Bertz CT molecular complexity index is 366. The number of hydrogen-bond acceptors (Lipinski definition) is 0. The molecule has 2 rings (SSSR count). The van der Waals surface area contributed by atoms with Crippen LogP contribution >= 0.6 is 15.9 Å². The van der Waals surface area contributed by atoms with Gasteiger partial charge in [-0.15, -0.1) is 0 Å². The number of alkyl halides is 1. The Kier molecular flexibility index (Phi) is 4.17. The van der Waals surface area contributed by atoms with E-state index in [2.05, 4.69) is 76.6 Å². The summed E-state index contributed by atoms with van der Waals surface area (Å²) in [7, 11) is 0. The van der Waals surface area contributed by atoms with Crippen LogP contribution in [0.25, 0.3) is 0 Å². The van der Waals surface area contributed by atoms with Crippen LogP contribution in [-0.2, 0) is 12.8 Å². The van der Waals surface area contributed by atoms with E-state index in [1.54, 1.807) is 0 Å². The zero-order valence-corrected chi connectivity index (χ0v) is 10.7. The average molecular weight is 275 g/mol. The number of halogens is 1. The molecular weight excluding hydrogens is 260 g/mol. The molecule has 0 spiro atoms. The average Bonchev–Trinajstić information content (AvgIpc) is 2.31. The zero-order valence-electron chi connectivity index (χ0n) is 9.14. The van der Waals surface area contributed by atoms with Gasteiger partial charge >= 0.3 is 0 Å². The van der Waals surface area contributed by atoms with E-state index >= 15 is 0 Å². The Morgan fingerprint density at radius 1 is 0.688 bits per heavy atom. The smallest absolute Gasteiger partial charge is 0.0226 e. The minimum Gasteiger partial charge on any atom is -0.0883 e. The lowest BCUT2D eigenvalue weighted by Crippen LogP contribution is -2.06. The SMILES string of the molecule is BrC(Cc1ccccc1)Cc1ccccc1. The predicted molar refractivity (Wildman–Crippen MR) is 73.0 cm³/mol. The predicted octanol–water partition coefficient (Wildman–Crippen LogP) is 4.24. The van der Waals surface area contributed by atoms with Gasteiger partial charge in [-0.1, -0.05) is 76.6 Å². The molecule has 0 aliphatic rings. The van der Waals surface area contributed by atoms with Crippen molar-refractivity contribution in [1.29, 1.82) is 0 Å². The molecule has 0 saturated carbocycles. The van der Waals surface area contributed by atoms with Gasteiger partial charge in [0.2, 0.25) is 0 Å². The molecule has 1 heteroatoms. The molecule has 0 heterocycles. The Labute approximate surface area is 105 Å². The molecule has 0 radical (unpaired) electrons. The van der Waals surface area contributed by atoms with Crippen LogP contribution in [0.2, 0.25) is 0 Å². The topological polar surface area (TPSA) is 0 Å². The maximum absolute atomic E-state index is 3.75. The lowest BCUT2D eigenvalue weighted by molar-refractivity contribution is 0.856. The van der Waals surface area contributed by atoms with Gasteiger partial charge in [-0.05, 0) is 24.0 Å². The molecule has 0 aromatic heterocycles. The second kappa shape index (κ2) is 5.86. The summed E-state index contributed by atoms with van der Waals surface area (Å²) < 4.78 is 0. The first kappa shape index (κ1) is 11.4. The third kappa shape index (κ3) is 3.49. The van der Waals surface area contributed by atoms with E-state index in [0.717, 1.165) is 12.8 Å². The molecule has 2 aromatic carbocycles. The van der Waals surface area contributed by atoms with Crippen molar-refractivity contribution in [2.45, 2.75) is 17.7 Å². The van der Waals surface area contributed by atoms with Gasteiger partial charge in [-0.3, -0.25) is 0 Å². The van der Waals surface area contributed by atoms with Gasteiger partial charge in [0.15, 0.2) is 0 Å². The van der Waals surface area contributed by atoms with Crippen molar-refractivity contribution >= 4 is 15.9 Å². The van der Waals surface area contributed by atoms with Gasteiger partial charge < -0.3 is 0 Å². The van der Waals surface area contributed by atoms with Gasteiger partial charge in [0.25, 0.3) is 0 Å². The molecule has 0 saturated heterocycles. The van der Waals surface area contributed by atoms with Crippen molar-refractivity contribution < 1.29 is 0 Å². The van der Waals surface area contributed by atoms with Crippen LogP contribution in [0.15, 0.2) is 60.7 Å². The summed E-state index contributed by atoms with van der Waals surface area (Å²) >= 11 is 3.75. The second-order valence-corrected chi connectivity index (χ2v) is 5.27. The molecule has 0 unspecified atom stereocenters. The van der Waals surface area contributed by atoms with Crippen LogP contribution in [0.4, 0.5) is 0 Å². The van der Waals surface area contributed by atoms with E-state index in [0.29, 0.717) is 4.83 Å². The molecule has 0 nitrogen and oxygen atoms in total. The number of benzene rings is 2. The minimum absolute atomic E-state index is 0.511. The quantitative estimate of drug-likeness (QED) is 0.732. The molecule has 82 valence electrons. The third-order valence-electron chi connectivity index (χ3n) is 2.60. The van der Waals surface area contributed by atoms with E-state index in [9.17, 15) is 0 Å². The van der Waals surface area contributed by atoms with Crippen molar-refractivity contribution in [2.75, 3.05) is 0 Å². The maximum Gasteiger partial charge on any atom is 0.0226 e. The van der Waals surface area contributed by atoms with E-state index in [-0.39, 0.29) is 0 Å². The molecule has 0 atom stereocenters. The number of rotatable bonds is 4. The van der Waals surface area contributed by atoms with Crippen molar-refractivity contribution in [3.8, 4) is 0 Å². The lowest BCUT2D eigenvalue weighted by Gasteiger charge is -2.09. The summed E-state index contributed by atoms with van der Waals surface area (Å²) in [5, 5.41) is 0. The fourth-order valence-corrected chi connectivity index (χ4v) is 2.56. The molecule has 0 N–H and O–H groups in total. The molecule has 0 bridgehead atoms. The molecular formula is C15H15Br. The third-order valence-corrected chi connectivity index (χ3v) is 3.25. The molecule has 2 aromatic rings. The van der Waals surface area contributed by atoms with Gasteiger partial charge in [0.05, 0.1) is 0 Å². The largest absolute Gasteiger partial charge is 0.0883 e. The molecule has 0 amide bonds. The summed E-state index contributed by atoms with van der Waals surface area (Å²) in [6.45, 7) is 0. The first-order valence-corrected chi connectivity index (χ1v) is 6.48. The first-order valence-electron chi connectivity index (χ1n) is 5.56. The Morgan fingerprint density at radius 3 is 1.44 bits per heavy atom. The van der Waals surface area contributed by atoms with Crippen LogP contribution < -0.4 is 0 Å². The highest BCUT2D eigenvalue weighted by Crippen LogP contribution is 2.15. The molecule has 0 aliphatic carbocycles. The van der Waals surface area contributed by atoms with Crippen LogP contribution in [0.3, 0.4) is 0 Å². The normalized spacial score (nSPS) is 10.6. The van der Waals surface area contributed by atoms with Crippen molar-refractivity contribution in [1.82, 2.24) is 0 Å².